The van der Waals surface area contributed by atoms with Gasteiger partial charge in [0.15, 0.2) is 0 Å². The van der Waals surface area contributed by atoms with Crippen LogP contribution in [0.3, 0.4) is 0 Å². The number of carbonyl (C=O) groups is 2. The number of carbonyl (C=O) groups excluding carboxylic acids is 2. The van der Waals surface area contributed by atoms with Crippen LogP contribution in [-0.4, -0.2) is 52.9 Å². The summed E-state index contributed by atoms with van der Waals surface area (Å²) in [4.78, 5) is 36.3. The van der Waals surface area contributed by atoms with E-state index in [1.54, 1.807) is 24.1 Å². The van der Waals surface area contributed by atoms with Crippen molar-refractivity contribution in [2.45, 2.75) is 13.8 Å². The van der Waals surface area contributed by atoms with Gasteiger partial charge >= 0.3 is 0 Å². The minimum absolute atomic E-state index is 0.0758. The smallest absolute Gasteiger partial charge is 0.274 e. The second-order valence-electron chi connectivity index (χ2n) is 6.06. The van der Waals surface area contributed by atoms with Crippen LogP contribution in [0.25, 0.3) is 0 Å². The number of nitrogens with one attached hydrogen (secondary N) is 1. The highest BCUT2D eigenvalue weighted by atomic mass is 16.2. The first-order valence-corrected chi connectivity index (χ1v) is 8.24. The first kappa shape index (κ1) is 16.9. The highest BCUT2D eigenvalue weighted by molar-refractivity contribution is 6.03. The Bertz CT molecular complexity index is 785. The zero-order valence-electron chi connectivity index (χ0n) is 14.4. The van der Waals surface area contributed by atoms with Crippen molar-refractivity contribution in [3.05, 3.63) is 47.8 Å². The van der Waals surface area contributed by atoms with Crippen LogP contribution in [-0.2, 0) is 4.79 Å². The lowest BCUT2D eigenvalue weighted by Gasteiger charge is -2.34. The second-order valence-corrected chi connectivity index (χ2v) is 6.06. The Morgan fingerprint density at radius 1 is 1.12 bits per heavy atom. The maximum Gasteiger partial charge on any atom is 0.274 e. The van der Waals surface area contributed by atoms with Crippen LogP contribution >= 0.6 is 0 Å². The molecular weight excluding hydrogens is 318 g/mol. The molecule has 130 valence electrons. The molecule has 2 aromatic rings. The topological polar surface area (TPSA) is 78.4 Å². The summed E-state index contributed by atoms with van der Waals surface area (Å²) >= 11 is 0. The van der Waals surface area contributed by atoms with Gasteiger partial charge in [0, 0.05) is 45.0 Å². The predicted molar refractivity (Wildman–Crippen MR) is 95.6 cm³/mol. The molecule has 0 unspecified atom stereocenters. The highest BCUT2D eigenvalue weighted by Crippen LogP contribution is 2.14. The molecule has 0 atom stereocenters. The van der Waals surface area contributed by atoms with Gasteiger partial charge in [-0.2, -0.15) is 0 Å². The first-order chi connectivity index (χ1) is 12.0. The summed E-state index contributed by atoms with van der Waals surface area (Å²) in [6.45, 7) is 6.13. The van der Waals surface area contributed by atoms with E-state index >= 15 is 0 Å². The maximum absolute atomic E-state index is 12.4. The summed E-state index contributed by atoms with van der Waals surface area (Å²) in [6, 6.07) is 9.21. The van der Waals surface area contributed by atoms with Crippen LogP contribution in [0, 0.1) is 6.92 Å². The maximum atomic E-state index is 12.4. The molecule has 1 aromatic heterocycles. The molecule has 3 rings (SSSR count). The van der Waals surface area contributed by atoms with Gasteiger partial charge in [0.25, 0.3) is 5.91 Å². The van der Waals surface area contributed by atoms with E-state index in [0.717, 1.165) is 11.3 Å². The Kier molecular flexibility index (Phi) is 4.92. The quantitative estimate of drug-likeness (QED) is 0.921. The fraction of sp³-hybridized carbons (Fsp3) is 0.333. The summed E-state index contributed by atoms with van der Waals surface area (Å²) in [5.74, 6) is 0.323. The van der Waals surface area contributed by atoms with Crippen molar-refractivity contribution in [1.29, 1.82) is 0 Å². The lowest BCUT2D eigenvalue weighted by atomic mass is 10.2. The van der Waals surface area contributed by atoms with E-state index in [1.165, 1.54) is 0 Å². The predicted octanol–water partition coefficient (Wildman–Crippen LogP) is 1.71. The number of nitrogens with zero attached hydrogens (tertiary/aromatic N) is 4. The number of rotatable bonds is 3. The molecule has 0 bridgehead atoms. The van der Waals surface area contributed by atoms with E-state index in [0.29, 0.717) is 37.8 Å². The Morgan fingerprint density at radius 2 is 1.88 bits per heavy atom. The van der Waals surface area contributed by atoms with E-state index in [4.69, 9.17) is 0 Å². The lowest BCUT2D eigenvalue weighted by Crippen LogP contribution is -2.48. The van der Waals surface area contributed by atoms with Crippen molar-refractivity contribution in [1.82, 2.24) is 14.9 Å². The third kappa shape index (κ3) is 4.12. The number of piperazine rings is 1. The minimum atomic E-state index is -0.267. The molecule has 1 fully saturated rings. The molecule has 1 aromatic carbocycles. The SMILES string of the molecule is CC(=O)N1CCN(c2nccc(C(=O)Nc3cccc(C)c3)n2)CC1. The zero-order valence-corrected chi connectivity index (χ0v) is 14.4. The van der Waals surface area contributed by atoms with Gasteiger partial charge in [-0.15, -0.1) is 0 Å². The largest absolute Gasteiger partial charge is 0.339 e. The van der Waals surface area contributed by atoms with Crippen molar-refractivity contribution >= 4 is 23.5 Å². The van der Waals surface area contributed by atoms with Crippen molar-refractivity contribution in [3.8, 4) is 0 Å². The summed E-state index contributed by atoms with van der Waals surface area (Å²) in [5.41, 5.74) is 2.13. The lowest BCUT2D eigenvalue weighted by molar-refractivity contribution is -0.129. The van der Waals surface area contributed by atoms with Gasteiger partial charge in [0.2, 0.25) is 11.9 Å². The molecule has 7 heteroatoms. The molecule has 1 aliphatic rings. The molecule has 1 aliphatic heterocycles. The van der Waals surface area contributed by atoms with Gasteiger partial charge < -0.3 is 15.1 Å². The molecule has 0 aliphatic carbocycles. The normalized spacial score (nSPS) is 14.3. The fourth-order valence-corrected chi connectivity index (χ4v) is 2.77. The summed E-state index contributed by atoms with van der Waals surface area (Å²) in [7, 11) is 0. The molecule has 0 saturated carbocycles. The van der Waals surface area contributed by atoms with Crippen molar-refractivity contribution in [2.75, 3.05) is 36.4 Å². The molecule has 1 N–H and O–H groups in total. The number of aromatic nitrogens is 2. The third-order valence-electron chi connectivity index (χ3n) is 4.16. The second kappa shape index (κ2) is 7.29. The number of aryl methyl sites for hydroxylation is 1. The van der Waals surface area contributed by atoms with E-state index in [-0.39, 0.29) is 11.8 Å². The molecule has 25 heavy (non-hydrogen) atoms. The molecule has 2 amide bonds. The van der Waals surface area contributed by atoms with Gasteiger partial charge in [0.1, 0.15) is 5.69 Å². The van der Waals surface area contributed by atoms with E-state index in [9.17, 15) is 9.59 Å². The first-order valence-electron chi connectivity index (χ1n) is 8.24. The molecular formula is C18H21N5O2. The molecule has 2 heterocycles. The molecule has 0 radical (unpaired) electrons. The number of benzene rings is 1. The zero-order chi connectivity index (χ0) is 17.8. The summed E-state index contributed by atoms with van der Waals surface area (Å²) in [6.07, 6.45) is 1.59. The third-order valence-corrected chi connectivity index (χ3v) is 4.16. The summed E-state index contributed by atoms with van der Waals surface area (Å²) in [5, 5.41) is 2.85. The fourth-order valence-electron chi connectivity index (χ4n) is 2.77. The van der Waals surface area contributed by atoms with Crippen LogP contribution < -0.4 is 10.2 Å². The number of anilines is 2. The van der Waals surface area contributed by atoms with Crippen LogP contribution in [0.15, 0.2) is 36.5 Å². The molecule has 0 spiro atoms. The van der Waals surface area contributed by atoms with Crippen LogP contribution in [0.5, 0.6) is 0 Å². The van der Waals surface area contributed by atoms with Gasteiger partial charge in [0.05, 0.1) is 0 Å². The Labute approximate surface area is 146 Å². The van der Waals surface area contributed by atoms with Gasteiger partial charge in [-0.25, -0.2) is 9.97 Å². The minimum Gasteiger partial charge on any atom is -0.339 e. The number of amides is 2. The van der Waals surface area contributed by atoms with E-state index < -0.39 is 0 Å². The average molecular weight is 339 g/mol. The van der Waals surface area contributed by atoms with Crippen LogP contribution in [0.4, 0.5) is 11.6 Å². The highest BCUT2D eigenvalue weighted by Gasteiger charge is 2.21. The molecule has 1 saturated heterocycles. The summed E-state index contributed by atoms with van der Waals surface area (Å²) < 4.78 is 0. The Balaban J connectivity index is 1.69. The number of hydrogen-bond donors (Lipinski definition) is 1. The standard InChI is InChI=1S/C18H21N5O2/c1-13-4-3-5-15(12-13)20-17(25)16-6-7-19-18(21-16)23-10-8-22(9-11-23)14(2)24/h3-7,12H,8-11H2,1-2H3,(H,20,25). The molecule has 7 nitrogen and oxygen atoms in total. The Hall–Kier alpha value is -2.96. The van der Waals surface area contributed by atoms with Gasteiger partial charge in [-0.05, 0) is 30.7 Å². The van der Waals surface area contributed by atoms with Gasteiger partial charge in [-0.1, -0.05) is 12.1 Å². The Morgan fingerprint density at radius 3 is 2.56 bits per heavy atom. The number of hydrogen-bond acceptors (Lipinski definition) is 5. The van der Waals surface area contributed by atoms with Crippen LogP contribution in [0.2, 0.25) is 0 Å². The monoisotopic (exact) mass is 339 g/mol. The van der Waals surface area contributed by atoms with E-state index in [2.05, 4.69) is 15.3 Å². The van der Waals surface area contributed by atoms with Crippen molar-refractivity contribution in [3.63, 3.8) is 0 Å². The van der Waals surface area contributed by atoms with Crippen molar-refractivity contribution < 1.29 is 9.59 Å². The van der Waals surface area contributed by atoms with Crippen molar-refractivity contribution in [2.24, 2.45) is 0 Å². The average Bonchev–Trinajstić information content (AvgIpc) is 2.62. The van der Waals surface area contributed by atoms with Crippen LogP contribution in [0.1, 0.15) is 23.0 Å². The van der Waals surface area contributed by atoms with E-state index in [1.807, 2.05) is 36.1 Å². The van der Waals surface area contributed by atoms with Gasteiger partial charge in [-0.3, -0.25) is 9.59 Å².